The highest BCUT2D eigenvalue weighted by atomic mass is 35.5. The summed E-state index contributed by atoms with van der Waals surface area (Å²) in [4.78, 5) is 14.2. The van der Waals surface area contributed by atoms with E-state index in [1.807, 2.05) is 38.1 Å². The molecule has 138 valence electrons. The van der Waals surface area contributed by atoms with E-state index in [0.717, 1.165) is 40.8 Å². The van der Waals surface area contributed by atoms with Crippen LogP contribution in [-0.2, 0) is 4.79 Å². The van der Waals surface area contributed by atoms with Crippen molar-refractivity contribution in [2.24, 2.45) is 5.10 Å². The maximum absolute atomic E-state index is 12.0. The van der Waals surface area contributed by atoms with E-state index in [0.29, 0.717) is 6.54 Å². The molecule has 1 aliphatic rings. The SMILES string of the molecule is Cc1cc(/C=N\NC(=O)CN2CCCCC2)c(C)n1-c1ccc(Cl)cc1. The Morgan fingerprint density at radius 3 is 2.58 bits per heavy atom. The predicted octanol–water partition coefficient (Wildman–Crippen LogP) is 3.68. The first kappa shape index (κ1) is 18.7. The van der Waals surface area contributed by atoms with Gasteiger partial charge in [0, 0.05) is 27.7 Å². The molecule has 1 fully saturated rings. The Kier molecular flexibility index (Phi) is 6.12. The van der Waals surface area contributed by atoms with Gasteiger partial charge in [-0.25, -0.2) is 5.43 Å². The fraction of sp³-hybridized carbons (Fsp3) is 0.400. The third-order valence-electron chi connectivity index (χ3n) is 4.76. The van der Waals surface area contributed by atoms with E-state index < -0.39 is 0 Å². The molecule has 0 atom stereocenters. The van der Waals surface area contributed by atoms with E-state index in [4.69, 9.17) is 11.6 Å². The van der Waals surface area contributed by atoms with Crippen molar-refractivity contribution >= 4 is 23.7 Å². The number of hydrazone groups is 1. The summed E-state index contributed by atoms with van der Waals surface area (Å²) in [6.45, 7) is 6.51. The molecule has 2 aromatic rings. The molecule has 0 saturated carbocycles. The van der Waals surface area contributed by atoms with E-state index >= 15 is 0 Å². The quantitative estimate of drug-likeness (QED) is 0.642. The fourth-order valence-corrected chi connectivity index (χ4v) is 3.56. The second-order valence-electron chi connectivity index (χ2n) is 6.77. The monoisotopic (exact) mass is 372 g/mol. The van der Waals surface area contributed by atoms with Crippen LogP contribution in [0.15, 0.2) is 35.4 Å². The zero-order valence-corrected chi connectivity index (χ0v) is 16.1. The molecule has 0 aliphatic carbocycles. The summed E-state index contributed by atoms with van der Waals surface area (Å²) >= 11 is 5.98. The lowest BCUT2D eigenvalue weighted by Gasteiger charge is -2.25. The van der Waals surface area contributed by atoms with Crippen molar-refractivity contribution in [1.82, 2.24) is 14.9 Å². The van der Waals surface area contributed by atoms with Crippen molar-refractivity contribution in [2.45, 2.75) is 33.1 Å². The molecule has 3 rings (SSSR count). The number of nitrogens with one attached hydrogen (secondary N) is 1. The summed E-state index contributed by atoms with van der Waals surface area (Å²) in [5, 5.41) is 4.86. The Balaban J connectivity index is 1.64. The molecule has 0 spiro atoms. The summed E-state index contributed by atoms with van der Waals surface area (Å²) in [5.74, 6) is -0.0605. The van der Waals surface area contributed by atoms with Crippen LogP contribution in [0.25, 0.3) is 5.69 Å². The highest BCUT2D eigenvalue weighted by Gasteiger charge is 2.13. The molecule has 1 amide bonds. The molecule has 0 unspecified atom stereocenters. The van der Waals surface area contributed by atoms with Crippen molar-refractivity contribution in [3.05, 3.63) is 52.3 Å². The molecule has 5 nitrogen and oxygen atoms in total. The molecule has 6 heteroatoms. The summed E-state index contributed by atoms with van der Waals surface area (Å²) in [6.07, 6.45) is 5.32. The molecule has 1 aromatic carbocycles. The molecule has 1 saturated heterocycles. The number of hydrogen-bond acceptors (Lipinski definition) is 3. The Labute approximate surface area is 159 Å². The van der Waals surface area contributed by atoms with Gasteiger partial charge in [-0.1, -0.05) is 18.0 Å². The molecule has 0 bridgehead atoms. The van der Waals surface area contributed by atoms with Gasteiger partial charge in [0.1, 0.15) is 0 Å². The molecule has 0 radical (unpaired) electrons. The van der Waals surface area contributed by atoms with Crippen LogP contribution in [0.3, 0.4) is 0 Å². The highest BCUT2D eigenvalue weighted by molar-refractivity contribution is 6.30. The average molecular weight is 373 g/mol. The number of amides is 1. The summed E-state index contributed by atoms with van der Waals surface area (Å²) < 4.78 is 2.15. The second kappa shape index (κ2) is 8.52. The number of hydrogen-bond donors (Lipinski definition) is 1. The van der Waals surface area contributed by atoms with E-state index in [-0.39, 0.29) is 5.91 Å². The summed E-state index contributed by atoms with van der Waals surface area (Å²) in [6, 6.07) is 9.80. The van der Waals surface area contributed by atoms with E-state index in [1.54, 1.807) is 6.21 Å². The number of nitrogens with zero attached hydrogens (tertiary/aromatic N) is 3. The summed E-state index contributed by atoms with van der Waals surface area (Å²) in [7, 11) is 0. The van der Waals surface area contributed by atoms with Gasteiger partial charge in [0.15, 0.2) is 0 Å². The number of piperidine rings is 1. The van der Waals surface area contributed by atoms with E-state index in [9.17, 15) is 4.79 Å². The first-order valence-electron chi connectivity index (χ1n) is 9.04. The van der Waals surface area contributed by atoms with Crippen LogP contribution < -0.4 is 5.43 Å². The Morgan fingerprint density at radius 1 is 1.19 bits per heavy atom. The maximum Gasteiger partial charge on any atom is 0.254 e. The number of halogens is 1. The number of benzene rings is 1. The molecule has 1 aromatic heterocycles. The van der Waals surface area contributed by atoms with Gasteiger partial charge < -0.3 is 4.57 Å². The van der Waals surface area contributed by atoms with Gasteiger partial charge >= 0.3 is 0 Å². The number of aryl methyl sites for hydroxylation is 1. The van der Waals surface area contributed by atoms with Gasteiger partial charge in [-0.3, -0.25) is 9.69 Å². The lowest BCUT2D eigenvalue weighted by Crippen LogP contribution is -2.38. The van der Waals surface area contributed by atoms with Crippen LogP contribution in [-0.4, -0.2) is 41.2 Å². The third kappa shape index (κ3) is 4.54. The normalized spacial score (nSPS) is 15.5. The summed E-state index contributed by atoms with van der Waals surface area (Å²) in [5.41, 5.74) is 6.85. The standard InChI is InChI=1S/C20H25ClN4O/c1-15-12-17(16(2)25(15)19-8-6-18(21)7-9-19)13-22-23-20(26)14-24-10-4-3-5-11-24/h6-9,12-13H,3-5,10-11,14H2,1-2H3,(H,23,26)/b22-13-. The van der Waals surface area contributed by atoms with Crippen molar-refractivity contribution in [3.63, 3.8) is 0 Å². The number of rotatable bonds is 5. The lowest BCUT2D eigenvalue weighted by molar-refractivity contribution is -0.122. The Bertz CT molecular complexity index is 789. The predicted molar refractivity (Wildman–Crippen MR) is 106 cm³/mol. The van der Waals surface area contributed by atoms with Crippen molar-refractivity contribution < 1.29 is 4.79 Å². The topological polar surface area (TPSA) is 49.6 Å². The van der Waals surface area contributed by atoms with E-state index in [1.165, 1.54) is 19.3 Å². The van der Waals surface area contributed by atoms with Gasteiger partial charge in [-0.05, 0) is 70.1 Å². The van der Waals surface area contributed by atoms with Gasteiger partial charge in [0.2, 0.25) is 0 Å². The third-order valence-corrected chi connectivity index (χ3v) is 5.02. The zero-order valence-electron chi connectivity index (χ0n) is 15.3. The number of likely N-dealkylation sites (tertiary alicyclic amines) is 1. The van der Waals surface area contributed by atoms with Gasteiger partial charge in [0.25, 0.3) is 5.91 Å². The molecular formula is C20H25ClN4O. The van der Waals surface area contributed by atoms with E-state index in [2.05, 4.69) is 26.1 Å². The first-order valence-corrected chi connectivity index (χ1v) is 9.41. The fourth-order valence-electron chi connectivity index (χ4n) is 3.44. The minimum absolute atomic E-state index is 0.0605. The van der Waals surface area contributed by atoms with Gasteiger partial charge in [0.05, 0.1) is 12.8 Å². The van der Waals surface area contributed by atoms with Crippen LogP contribution in [0.2, 0.25) is 5.02 Å². The van der Waals surface area contributed by atoms with Crippen LogP contribution >= 0.6 is 11.6 Å². The highest BCUT2D eigenvalue weighted by Crippen LogP contribution is 2.21. The molecular weight excluding hydrogens is 348 g/mol. The molecule has 1 aliphatic heterocycles. The minimum atomic E-state index is -0.0605. The second-order valence-corrected chi connectivity index (χ2v) is 7.20. The lowest BCUT2D eigenvalue weighted by atomic mass is 10.1. The largest absolute Gasteiger partial charge is 0.318 e. The Hall–Kier alpha value is -2.11. The van der Waals surface area contributed by atoms with Gasteiger partial charge in [-0.2, -0.15) is 5.10 Å². The number of aromatic nitrogens is 1. The average Bonchev–Trinajstić information content (AvgIpc) is 2.90. The van der Waals surface area contributed by atoms with Crippen molar-refractivity contribution in [2.75, 3.05) is 19.6 Å². The minimum Gasteiger partial charge on any atom is -0.318 e. The van der Waals surface area contributed by atoms with Crippen molar-refractivity contribution in [3.8, 4) is 5.69 Å². The van der Waals surface area contributed by atoms with Crippen LogP contribution in [0.5, 0.6) is 0 Å². The smallest absolute Gasteiger partial charge is 0.254 e. The van der Waals surface area contributed by atoms with Crippen LogP contribution in [0.4, 0.5) is 0 Å². The zero-order chi connectivity index (χ0) is 18.5. The Morgan fingerprint density at radius 2 is 1.88 bits per heavy atom. The molecule has 2 heterocycles. The number of carbonyl (C=O) groups is 1. The van der Waals surface area contributed by atoms with Gasteiger partial charge in [-0.15, -0.1) is 0 Å². The first-order chi connectivity index (χ1) is 12.5. The van der Waals surface area contributed by atoms with Crippen molar-refractivity contribution in [1.29, 1.82) is 0 Å². The van der Waals surface area contributed by atoms with Crippen LogP contribution in [0.1, 0.15) is 36.2 Å². The molecule has 1 N–H and O–H groups in total. The maximum atomic E-state index is 12.0. The van der Waals surface area contributed by atoms with Crippen LogP contribution in [0, 0.1) is 13.8 Å². The number of carbonyl (C=O) groups excluding carboxylic acids is 1. The molecule has 26 heavy (non-hydrogen) atoms.